The van der Waals surface area contributed by atoms with E-state index < -0.39 is 0 Å². The van der Waals surface area contributed by atoms with E-state index in [1.165, 1.54) is 5.56 Å². The van der Waals surface area contributed by atoms with Gasteiger partial charge in [0.05, 0.1) is 5.56 Å². The number of nitrogens with one attached hydrogen (secondary N) is 1. The Kier molecular flexibility index (Phi) is 4.21. The first kappa shape index (κ1) is 16.4. The van der Waals surface area contributed by atoms with Crippen LogP contribution in [0.25, 0.3) is 0 Å². The highest BCUT2D eigenvalue weighted by atomic mass is 16.2. The minimum atomic E-state index is -0.233. The van der Waals surface area contributed by atoms with Crippen molar-refractivity contribution in [1.29, 1.82) is 0 Å². The standard InChI is InChI=1S/C23H22N2O/c1-16(2)17-12-14-19(15-13-17)25-22(18-8-4-3-5-9-18)24-21-11-7-6-10-20(21)23(25)26/h3-16,22,24H,1-2H3. The fourth-order valence-corrected chi connectivity index (χ4v) is 3.41. The fraction of sp³-hybridized carbons (Fsp3) is 0.174. The molecule has 26 heavy (non-hydrogen) atoms. The maximum atomic E-state index is 13.3. The molecule has 1 N–H and O–H groups in total. The molecule has 3 heteroatoms. The van der Waals surface area contributed by atoms with Crippen LogP contribution in [0.4, 0.5) is 11.4 Å². The first-order valence-electron chi connectivity index (χ1n) is 8.99. The van der Waals surface area contributed by atoms with Gasteiger partial charge in [0.1, 0.15) is 6.17 Å². The van der Waals surface area contributed by atoms with Crippen molar-refractivity contribution in [3.63, 3.8) is 0 Å². The maximum absolute atomic E-state index is 13.3. The SMILES string of the molecule is CC(C)c1ccc(N2C(=O)c3ccccc3NC2c2ccccc2)cc1. The summed E-state index contributed by atoms with van der Waals surface area (Å²) in [6.45, 7) is 4.34. The summed E-state index contributed by atoms with van der Waals surface area (Å²) >= 11 is 0. The molecule has 0 radical (unpaired) electrons. The van der Waals surface area contributed by atoms with Crippen molar-refractivity contribution < 1.29 is 4.79 Å². The molecule has 0 saturated heterocycles. The van der Waals surface area contributed by atoms with Crippen molar-refractivity contribution in [1.82, 2.24) is 0 Å². The van der Waals surface area contributed by atoms with Gasteiger partial charge in [0.25, 0.3) is 5.91 Å². The predicted octanol–water partition coefficient (Wildman–Crippen LogP) is 5.58. The van der Waals surface area contributed by atoms with Crippen LogP contribution in [0, 0.1) is 0 Å². The first-order valence-corrected chi connectivity index (χ1v) is 8.99. The molecule has 1 aliphatic heterocycles. The summed E-state index contributed by atoms with van der Waals surface area (Å²) in [5.41, 5.74) is 4.80. The molecule has 4 rings (SSSR count). The van der Waals surface area contributed by atoms with E-state index in [1.54, 1.807) is 0 Å². The van der Waals surface area contributed by atoms with Crippen molar-refractivity contribution >= 4 is 17.3 Å². The summed E-state index contributed by atoms with van der Waals surface area (Å²) in [7, 11) is 0. The van der Waals surface area contributed by atoms with Gasteiger partial charge < -0.3 is 5.32 Å². The van der Waals surface area contributed by atoms with Crippen LogP contribution >= 0.6 is 0 Å². The van der Waals surface area contributed by atoms with Gasteiger partial charge in [0.2, 0.25) is 0 Å². The Morgan fingerprint density at radius 1 is 0.846 bits per heavy atom. The molecule has 1 atom stereocenters. The largest absolute Gasteiger partial charge is 0.360 e. The maximum Gasteiger partial charge on any atom is 0.262 e. The Hall–Kier alpha value is -3.07. The number of para-hydroxylation sites is 1. The molecule has 3 aromatic rings. The smallest absolute Gasteiger partial charge is 0.262 e. The molecule has 1 aliphatic rings. The van der Waals surface area contributed by atoms with Gasteiger partial charge in [-0.2, -0.15) is 0 Å². The molecular weight excluding hydrogens is 320 g/mol. The number of rotatable bonds is 3. The number of carbonyl (C=O) groups excluding carboxylic acids is 1. The lowest BCUT2D eigenvalue weighted by Crippen LogP contribution is -2.43. The molecule has 0 bridgehead atoms. The molecule has 0 fully saturated rings. The quantitative estimate of drug-likeness (QED) is 0.674. The fourth-order valence-electron chi connectivity index (χ4n) is 3.41. The minimum Gasteiger partial charge on any atom is -0.360 e. The zero-order valence-corrected chi connectivity index (χ0v) is 15.0. The van der Waals surface area contributed by atoms with Crippen LogP contribution in [0.5, 0.6) is 0 Å². The molecule has 1 heterocycles. The predicted molar refractivity (Wildman–Crippen MR) is 107 cm³/mol. The summed E-state index contributed by atoms with van der Waals surface area (Å²) in [6.07, 6.45) is -0.233. The molecule has 0 spiro atoms. The lowest BCUT2D eigenvalue weighted by molar-refractivity contribution is 0.0975. The van der Waals surface area contributed by atoms with Crippen LogP contribution in [0.15, 0.2) is 78.9 Å². The highest BCUT2D eigenvalue weighted by Gasteiger charge is 2.33. The molecule has 130 valence electrons. The van der Waals surface area contributed by atoms with E-state index >= 15 is 0 Å². The van der Waals surface area contributed by atoms with E-state index in [4.69, 9.17) is 0 Å². The van der Waals surface area contributed by atoms with Crippen LogP contribution in [0.3, 0.4) is 0 Å². The summed E-state index contributed by atoms with van der Waals surface area (Å²) in [4.78, 5) is 15.2. The van der Waals surface area contributed by atoms with Crippen LogP contribution in [-0.4, -0.2) is 5.91 Å². The van der Waals surface area contributed by atoms with Crippen molar-refractivity contribution in [3.8, 4) is 0 Å². The number of nitrogens with zero attached hydrogens (tertiary/aromatic N) is 1. The number of fused-ring (bicyclic) bond motifs is 1. The number of amides is 1. The second kappa shape index (κ2) is 6.68. The summed E-state index contributed by atoms with van der Waals surface area (Å²) in [6, 6.07) is 26.1. The number of anilines is 2. The monoisotopic (exact) mass is 342 g/mol. The summed E-state index contributed by atoms with van der Waals surface area (Å²) in [5, 5.41) is 3.53. The third kappa shape index (κ3) is 2.86. The highest BCUT2D eigenvalue weighted by molar-refractivity contribution is 6.12. The molecule has 3 nitrogen and oxygen atoms in total. The van der Waals surface area contributed by atoms with Gasteiger partial charge in [-0.3, -0.25) is 9.69 Å². The topological polar surface area (TPSA) is 32.3 Å². The normalized spacial score (nSPS) is 16.3. The molecular formula is C23H22N2O. The van der Waals surface area contributed by atoms with Gasteiger partial charge in [0, 0.05) is 11.4 Å². The van der Waals surface area contributed by atoms with Crippen LogP contribution in [0.1, 0.15) is 47.4 Å². The Labute approximate surface area is 154 Å². The molecule has 0 aliphatic carbocycles. The van der Waals surface area contributed by atoms with Crippen molar-refractivity contribution in [3.05, 3.63) is 95.6 Å². The minimum absolute atomic E-state index is 0.0190. The molecule has 3 aromatic carbocycles. The van der Waals surface area contributed by atoms with E-state index in [1.807, 2.05) is 71.6 Å². The van der Waals surface area contributed by atoms with Crippen molar-refractivity contribution in [2.75, 3.05) is 10.2 Å². The van der Waals surface area contributed by atoms with Gasteiger partial charge in [-0.25, -0.2) is 0 Å². The first-order chi connectivity index (χ1) is 12.6. The van der Waals surface area contributed by atoms with Gasteiger partial charge in [-0.05, 0) is 41.3 Å². The average Bonchev–Trinajstić information content (AvgIpc) is 2.69. The molecule has 0 aromatic heterocycles. The Balaban J connectivity index is 1.81. The average molecular weight is 342 g/mol. The van der Waals surface area contributed by atoms with E-state index in [2.05, 4.69) is 31.3 Å². The lowest BCUT2D eigenvalue weighted by Gasteiger charge is -2.38. The number of hydrogen-bond acceptors (Lipinski definition) is 2. The van der Waals surface area contributed by atoms with Gasteiger partial charge in [-0.1, -0.05) is 68.4 Å². The van der Waals surface area contributed by atoms with Gasteiger partial charge >= 0.3 is 0 Å². The van der Waals surface area contributed by atoms with Crippen LogP contribution < -0.4 is 10.2 Å². The molecule has 0 saturated carbocycles. The third-order valence-electron chi connectivity index (χ3n) is 4.88. The van der Waals surface area contributed by atoms with E-state index in [0.717, 1.165) is 16.9 Å². The zero-order valence-electron chi connectivity index (χ0n) is 15.0. The van der Waals surface area contributed by atoms with Crippen molar-refractivity contribution in [2.45, 2.75) is 25.9 Å². The van der Waals surface area contributed by atoms with Gasteiger partial charge in [-0.15, -0.1) is 0 Å². The summed E-state index contributed by atoms with van der Waals surface area (Å²) in [5.74, 6) is 0.482. The van der Waals surface area contributed by atoms with E-state index in [0.29, 0.717) is 11.5 Å². The Morgan fingerprint density at radius 2 is 1.50 bits per heavy atom. The number of carbonyl (C=O) groups is 1. The number of hydrogen-bond donors (Lipinski definition) is 1. The van der Waals surface area contributed by atoms with Crippen LogP contribution in [0.2, 0.25) is 0 Å². The number of benzene rings is 3. The molecule has 1 amide bonds. The zero-order chi connectivity index (χ0) is 18.1. The molecule has 1 unspecified atom stereocenters. The highest BCUT2D eigenvalue weighted by Crippen LogP contribution is 2.36. The van der Waals surface area contributed by atoms with E-state index in [9.17, 15) is 4.79 Å². The second-order valence-corrected chi connectivity index (χ2v) is 6.92. The Morgan fingerprint density at radius 3 is 2.19 bits per heavy atom. The van der Waals surface area contributed by atoms with Crippen LogP contribution in [-0.2, 0) is 0 Å². The Bertz CT molecular complexity index is 916. The van der Waals surface area contributed by atoms with Crippen molar-refractivity contribution in [2.24, 2.45) is 0 Å². The second-order valence-electron chi connectivity index (χ2n) is 6.92. The summed E-state index contributed by atoms with van der Waals surface area (Å²) < 4.78 is 0. The lowest BCUT2D eigenvalue weighted by atomic mass is 10.0. The third-order valence-corrected chi connectivity index (χ3v) is 4.88. The van der Waals surface area contributed by atoms with E-state index in [-0.39, 0.29) is 12.1 Å². The van der Waals surface area contributed by atoms with Gasteiger partial charge in [0.15, 0.2) is 0 Å².